The monoisotopic (exact) mass is 408 g/mol. The number of rotatable bonds is 4. The Morgan fingerprint density at radius 3 is 2.53 bits per heavy atom. The summed E-state index contributed by atoms with van der Waals surface area (Å²) in [5.74, 6) is 0.787. The Hall–Kier alpha value is -2.96. The number of anilines is 1. The number of amides is 1. The van der Waals surface area contributed by atoms with Crippen LogP contribution in [0, 0.1) is 12.8 Å². The van der Waals surface area contributed by atoms with Gasteiger partial charge >= 0.3 is 5.97 Å². The van der Waals surface area contributed by atoms with E-state index >= 15 is 0 Å². The molecule has 1 aromatic carbocycles. The average Bonchev–Trinajstić information content (AvgIpc) is 2.78. The van der Waals surface area contributed by atoms with Crippen LogP contribution < -0.4 is 4.90 Å². The highest BCUT2D eigenvalue weighted by Crippen LogP contribution is 2.30. The number of nitrogens with zero attached hydrogens (tertiary/aromatic N) is 4. The summed E-state index contributed by atoms with van der Waals surface area (Å²) in [6, 6.07) is 7.70. The number of carbonyl (C=O) groups excluding carboxylic acids is 2. The first-order valence-electron chi connectivity index (χ1n) is 10.7. The zero-order chi connectivity index (χ0) is 21.1. The lowest BCUT2D eigenvalue weighted by atomic mass is 9.96. The van der Waals surface area contributed by atoms with Gasteiger partial charge in [-0.15, -0.1) is 0 Å². The molecule has 158 valence electrons. The summed E-state index contributed by atoms with van der Waals surface area (Å²) in [6.07, 6.45) is 3.85. The van der Waals surface area contributed by atoms with Crippen molar-refractivity contribution in [3.63, 3.8) is 0 Å². The SMILES string of the molecule is CCOC(=O)C1CCN(c2ncnc3c2CN(C(=O)c2ccc(C)cc2)CC3)CC1. The van der Waals surface area contributed by atoms with Crippen molar-refractivity contribution < 1.29 is 14.3 Å². The number of hydrogen-bond donors (Lipinski definition) is 0. The lowest BCUT2D eigenvalue weighted by Gasteiger charge is -2.35. The van der Waals surface area contributed by atoms with E-state index < -0.39 is 0 Å². The molecule has 0 spiro atoms. The summed E-state index contributed by atoms with van der Waals surface area (Å²) < 4.78 is 5.18. The van der Waals surface area contributed by atoms with Crippen LogP contribution in [0.25, 0.3) is 0 Å². The van der Waals surface area contributed by atoms with E-state index in [1.54, 1.807) is 6.33 Å². The van der Waals surface area contributed by atoms with E-state index in [0.29, 0.717) is 25.3 Å². The normalized spacial score (nSPS) is 16.9. The highest BCUT2D eigenvalue weighted by atomic mass is 16.5. The minimum absolute atomic E-state index is 0.0384. The predicted molar refractivity (Wildman–Crippen MR) is 113 cm³/mol. The Morgan fingerprint density at radius 1 is 1.10 bits per heavy atom. The quantitative estimate of drug-likeness (QED) is 0.724. The number of aryl methyl sites for hydroxylation is 1. The van der Waals surface area contributed by atoms with Gasteiger partial charge in [0.05, 0.1) is 24.8 Å². The van der Waals surface area contributed by atoms with Gasteiger partial charge in [0.1, 0.15) is 12.1 Å². The van der Waals surface area contributed by atoms with Gasteiger partial charge in [0.25, 0.3) is 5.91 Å². The van der Waals surface area contributed by atoms with Crippen LogP contribution in [0.5, 0.6) is 0 Å². The van der Waals surface area contributed by atoms with Gasteiger partial charge in [-0.1, -0.05) is 17.7 Å². The predicted octanol–water partition coefficient (Wildman–Crippen LogP) is 2.76. The van der Waals surface area contributed by atoms with E-state index in [1.165, 1.54) is 0 Å². The fourth-order valence-corrected chi connectivity index (χ4v) is 4.24. The van der Waals surface area contributed by atoms with Gasteiger partial charge in [-0.05, 0) is 38.8 Å². The Labute approximate surface area is 177 Å². The summed E-state index contributed by atoms with van der Waals surface area (Å²) in [4.78, 5) is 38.2. The van der Waals surface area contributed by atoms with E-state index in [-0.39, 0.29) is 17.8 Å². The number of esters is 1. The molecule has 1 amide bonds. The van der Waals surface area contributed by atoms with Crippen LogP contribution in [0.1, 0.15) is 46.9 Å². The zero-order valence-electron chi connectivity index (χ0n) is 17.6. The van der Waals surface area contributed by atoms with Crippen LogP contribution in [0.3, 0.4) is 0 Å². The second-order valence-corrected chi connectivity index (χ2v) is 7.98. The molecule has 30 heavy (non-hydrogen) atoms. The maximum Gasteiger partial charge on any atom is 0.309 e. The number of carbonyl (C=O) groups is 2. The van der Waals surface area contributed by atoms with Crippen LogP contribution in [0.4, 0.5) is 5.82 Å². The second-order valence-electron chi connectivity index (χ2n) is 7.98. The molecule has 0 unspecified atom stereocenters. The molecule has 0 bridgehead atoms. The summed E-state index contributed by atoms with van der Waals surface area (Å²) in [5.41, 5.74) is 3.88. The van der Waals surface area contributed by atoms with Crippen molar-refractivity contribution in [1.29, 1.82) is 0 Å². The summed E-state index contributed by atoms with van der Waals surface area (Å²) in [7, 11) is 0. The molecule has 0 N–H and O–H groups in total. The topological polar surface area (TPSA) is 75.6 Å². The summed E-state index contributed by atoms with van der Waals surface area (Å²) >= 11 is 0. The zero-order valence-corrected chi connectivity index (χ0v) is 17.6. The Kier molecular flexibility index (Phi) is 5.97. The molecule has 3 heterocycles. The molecule has 0 aliphatic carbocycles. The van der Waals surface area contributed by atoms with E-state index in [0.717, 1.165) is 55.0 Å². The molecule has 7 nitrogen and oxygen atoms in total. The molecule has 0 saturated carbocycles. The average molecular weight is 409 g/mol. The number of benzene rings is 1. The van der Waals surface area contributed by atoms with Gasteiger partial charge < -0.3 is 14.5 Å². The molecule has 2 aromatic rings. The van der Waals surface area contributed by atoms with Crippen LogP contribution in [0.15, 0.2) is 30.6 Å². The van der Waals surface area contributed by atoms with E-state index in [9.17, 15) is 9.59 Å². The largest absolute Gasteiger partial charge is 0.466 e. The van der Waals surface area contributed by atoms with Gasteiger partial charge in [-0.25, -0.2) is 9.97 Å². The molecule has 1 aromatic heterocycles. The van der Waals surface area contributed by atoms with Gasteiger partial charge in [0.2, 0.25) is 0 Å². The van der Waals surface area contributed by atoms with Crippen molar-refractivity contribution in [3.05, 3.63) is 53.0 Å². The van der Waals surface area contributed by atoms with Crippen molar-refractivity contribution in [2.45, 2.75) is 39.7 Å². The first-order valence-corrected chi connectivity index (χ1v) is 10.7. The number of aromatic nitrogens is 2. The molecular weight excluding hydrogens is 380 g/mol. The number of hydrogen-bond acceptors (Lipinski definition) is 6. The Balaban J connectivity index is 1.49. The molecule has 0 radical (unpaired) electrons. The number of piperidine rings is 1. The van der Waals surface area contributed by atoms with Crippen LogP contribution in [-0.2, 0) is 22.5 Å². The van der Waals surface area contributed by atoms with Crippen molar-refractivity contribution >= 4 is 17.7 Å². The number of ether oxygens (including phenoxy) is 1. The van der Waals surface area contributed by atoms with Crippen LogP contribution >= 0.6 is 0 Å². The fourth-order valence-electron chi connectivity index (χ4n) is 4.24. The Bertz CT molecular complexity index is 921. The first-order chi connectivity index (χ1) is 14.6. The summed E-state index contributed by atoms with van der Waals surface area (Å²) in [6.45, 7) is 6.93. The van der Waals surface area contributed by atoms with Gasteiger partial charge in [0.15, 0.2) is 0 Å². The van der Waals surface area contributed by atoms with Crippen molar-refractivity contribution in [1.82, 2.24) is 14.9 Å². The van der Waals surface area contributed by atoms with Gasteiger partial charge in [-0.2, -0.15) is 0 Å². The lowest BCUT2D eigenvalue weighted by Crippen LogP contribution is -2.41. The minimum atomic E-state index is -0.100. The van der Waals surface area contributed by atoms with Crippen LogP contribution in [-0.4, -0.2) is 53.0 Å². The molecule has 4 rings (SSSR count). The van der Waals surface area contributed by atoms with E-state index in [4.69, 9.17) is 4.74 Å². The van der Waals surface area contributed by atoms with Crippen LogP contribution in [0.2, 0.25) is 0 Å². The van der Waals surface area contributed by atoms with Crippen molar-refractivity contribution in [2.75, 3.05) is 31.1 Å². The highest BCUT2D eigenvalue weighted by molar-refractivity contribution is 5.94. The maximum absolute atomic E-state index is 13.0. The smallest absolute Gasteiger partial charge is 0.309 e. The maximum atomic E-state index is 13.0. The lowest BCUT2D eigenvalue weighted by molar-refractivity contribution is -0.148. The molecule has 0 atom stereocenters. The van der Waals surface area contributed by atoms with Gasteiger partial charge in [0, 0.05) is 37.2 Å². The van der Waals surface area contributed by atoms with Crippen molar-refractivity contribution in [3.8, 4) is 0 Å². The number of fused-ring (bicyclic) bond motifs is 1. The third-order valence-electron chi connectivity index (χ3n) is 5.98. The Morgan fingerprint density at radius 2 is 1.83 bits per heavy atom. The molecule has 1 fully saturated rings. The third kappa shape index (κ3) is 4.15. The second kappa shape index (κ2) is 8.81. The minimum Gasteiger partial charge on any atom is -0.466 e. The summed E-state index contributed by atoms with van der Waals surface area (Å²) in [5, 5.41) is 0. The fraction of sp³-hybridized carbons (Fsp3) is 0.478. The molecule has 2 aliphatic heterocycles. The molecule has 7 heteroatoms. The van der Waals surface area contributed by atoms with Crippen molar-refractivity contribution in [2.24, 2.45) is 5.92 Å². The highest BCUT2D eigenvalue weighted by Gasteiger charge is 2.31. The molecular formula is C23H28N4O3. The molecule has 1 saturated heterocycles. The third-order valence-corrected chi connectivity index (χ3v) is 5.98. The standard InChI is InChI=1S/C23H28N4O3/c1-3-30-23(29)18-8-11-26(12-9-18)21-19-14-27(13-10-20(19)24-15-25-21)22(28)17-6-4-16(2)5-7-17/h4-7,15,18H,3,8-14H2,1-2H3. The molecule has 2 aliphatic rings. The van der Waals surface area contributed by atoms with E-state index in [1.807, 2.05) is 43.0 Å². The van der Waals surface area contributed by atoms with Gasteiger partial charge in [-0.3, -0.25) is 9.59 Å². The first kappa shape index (κ1) is 20.3. The van der Waals surface area contributed by atoms with E-state index in [2.05, 4.69) is 14.9 Å².